The van der Waals surface area contributed by atoms with Crippen molar-refractivity contribution in [3.63, 3.8) is 0 Å². The normalized spacial score (nSPS) is 10.5. The van der Waals surface area contributed by atoms with Gasteiger partial charge in [-0.15, -0.1) is 0 Å². The third kappa shape index (κ3) is 3.19. The first kappa shape index (κ1) is 15.1. The number of carbonyl (C=O) groups is 2. The number of H-pyrrole nitrogens is 1. The molecule has 2 aromatic carbocycles. The Morgan fingerprint density at radius 2 is 1.83 bits per heavy atom. The molecule has 0 radical (unpaired) electrons. The van der Waals surface area contributed by atoms with Gasteiger partial charge in [0.15, 0.2) is 0 Å². The molecule has 0 aliphatic rings. The van der Waals surface area contributed by atoms with Gasteiger partial charge in [-0.3, -0.25) is 4.79 Å². The van der Waals surface area contributed by atoms with E-state index in [4.69, 9.17) is 11.6 Å². The maximum atomic E-state index is 12.3. The van der Waals surface area contributed by atoms with Gasteiger partial charge in [-0.1, -0.05) is 17.7 Å². The van der Waals surface area contributed by atoms with Crippen LogP contribution in [0.15, 0.2) is 48.5 Å². The van der Waals surface area contributed by atoms with Crippen LogP contribution in [-0.4, -0.2) is 24.0 Å². The van der Waals surface area contributed by atoms with Gasteiger partial charge >= 0.3 is 5.97 Å². The molecular weight excluding hydrogens is 316 g/mol. The van der Waals surface area contributed by atoms with E-state index >= 15 is 0 Å². The summed E-state index contributed by atoms with van der Waals surface area (Å²) in [6.07, 6.45) is 0. The average Bonchev–Trinajstić information content (AvgIpc) is 2.98. The Balaban J connectivity index is 1.78. The number of fused-ring (bicyclic) bond motifs is 1. The van der Waals surface area contributed by atoms with Crippen molar-refractivity contribution in [1.29, 1.82) is 0 Å². The predicted molar refractivity (Wildman–Crippen MR) is 89.0 cm³/mol. The maximum absolute atomic E-state index is 12.3. The largest absolute Gasteiger partial charge is 0.465 e. The number of ether oxygens (including phenoxy) is 1. The molecule has 3 rings (SSSR count). The lowest BCUT2D eigenvalue weighted by Crippen LogP contribution is -2.12. The molecule has 0 spiro atoms. The second-order valence-corrected chi connectivity index (χ2v) is 5.37. The number of carbonyl (C=O) groups excluding carboxylic acids is 2. The molecule has 1 heterocycles. The highest BCUT2D eigenvalue weighted by atomic mass is 35.5. The van der Waals surface area contributed by atoms with Crippen molar-refractivity contribution in [3.05, 3.63) is 64.8 Å². The molecule has 0 bridgehead atoms. The molecule has 2 N–H and O–H groups in total. The molecule has 3 aromatic rings. The molecule has 0 fully saturated rings. The summed E-state index contributed by atoms with van der Waals surface area (Å²) in [5.74, 6) is -0.696. The number of anilines is 1. The fourth-order valence-electron chi connectivity index (χ4n) is 2.23. The van der Waals surface area contributed by atoms with Crippen LogP contribution in [0.2, 0.25) is 5.02 Å². The van der Waals surface area contributed by atoms with Crippen LogP contribution in [-0.2, 0) is 4.74 Å². The summed E-state index contributed by atoms with van der Waals surface area (Å²) in [5.41, 5.74) is 2.23. The van der Waals surface area contributed by atoms with Gasteiger partial charge < -0.3 is 15.0 Å². The number of rotatable bonds is 3. The summed E-state index contributed by atoms with van der Waals surface area (Å²) in [4.78, 5) is 26.7. The SMILES string of the molecule is COC(=O)c1ccc(NC(=O)c2cc3ccc(Cl)cc3[nH]2)cc1. The van der Waals surface area contributed by atoms with Crippen LogP contribution in [0, 0.1) is 0 Å². The zero-order valence-corrected chi connectivity index (χ0v) is 13.0. The van der Waals surface area contributed by atoms with E-state index in [2.05, 4.69) is 15.0 Å². The van der Waals surface area contributed by atoms with E-state index < -0.39 is 5.97 Å². The second kappa shape index (κ2) is 6.14. The molecule has 0 saturated heterocycles. The Hall–Kier alpha value is -2.79. The number of aromatic amines is 1. The lowest BCUT2D eigenvalue weighted by Gasteiger charge is -2.04. The first-order chi connectivity index (χ1) is 11.1. The molecule has 0 saturated carbocycles. The topological polar surface area (TPSA) is 71.2 Å². The fraction of sp³-hybridized carbons (Fsp3) is 0.0588. The summed E-state index contributed by atoms with van der Waals surface area (Å²) in [6.45, 7) is 0. The van der Waals surface area contributed by atoms with Crippen molar-refractivity contribution < 1.29 is 14.3 Å². The van der Waals surface area contributed by atoms with Crippen molar-refractivity contribution in [1.82, 2.24) is 4.98 Å². The van der Waals surface area contributed by atoms with Crippen LogP contribution in [0.3, 0.4) is 0 Å². The summed E-state index contributed by atoms with van der Waals surface area (Å²) in [7, 11) is 1.32. The second-order valence-electron chi connectivity index (χ2n) is 4.94. The molecule has 0 atom stereocenters. The third-order valence-electron chi connectivity index (χ3n) is 3.39. The number of methoxy groups -OCH3 is 1. The molecule has 0 unspecified atom stereocenters. The number of hydrogen-bond donors (Lipinski definition) is 2. The molecule has 0 aliphatic carbocycles. The number of hydrogen-bond acceptors (Lipinski definition) is 3. The number of benzene rings is 2. The van der Waals surface area contributed by atoms with E-state index in [-0.39, 0.29) is 5.91 Å². The van der Waals surface area contributed by atoms with Crippen LogP contribution in [0.25, 0.3) is 10.9 Å². The Bertz CT molecular complexity index is 884. The molecule has 6 heteroatoms. The highest BCUT2D eigenvalue weighted by molar-refractivity contribution is 6.31. The van der Waals surface area contributed by atoms with Crippen LogP contribution >= 0.6 is 11.6 Å². The van der Waals surface area contributed by atoms with Gasteiger partial charge in [0.2, 0.25) is 0 Å². The Kier molecular flexibility index (Phi) is 4.04. The minimum atomic E-state index is -0.421. The number of nitrogens with one attached hydrogen (secondary N) is 2. The highest BCUT2D eigenvalue weighted by Crippen LogP contribution is 2.20. The van der Waals surface area contributed by atoms with E-state index in [1.165, 1.54) is 7.11 Å². The smallest absolute Gasteiger partial charge is 0.337 e. The average molecular weight is 329 g/mol. The lowest BCUT2D eigenvalue weighted by molar-refractivity contribution is 0.0600. The van der Waals surface area contributed by atoms with E-state index in [1.807, 2.05) is 6.07 Å². The van der Waals surface area contributed by atoms with E-state index in [1.54, 1.807) is 42.5 Å². The third-order valence-corrected chi connectivity index (χ3v) is 3.63. The van der Waals surface area contributed by atoms with Crippen molar-refractivity contribution >= 4 is 40.1 Å². The molecule has 116 valence electrons. The Labute approximate surface area is 137 Å². The molecular formula is C17H13ClN2O3. The summed E-state index contributed by atoms with van der Waals surface area (Å²) >= 11 is 5.93. The molecule has 1 aromatic heterocycles. The van der Waals surface area contributed by atoms with Gasteiger partial charge in [-0.25, -0.2) is 4.79 Å². The van der Waals surface area contributed by atoms with E-state index in [9.17, 15) is 9.59 Å². The van der Waals surface area contributed by atoms with E-state index in [0.717, 1.165) is 10.9 Å². The van der Waals surface area contributed by atoms with Crippen molar-refractivity contribution in [3.8, 4) is 0 Å². The quantitative estimate of drug-likeness (QED) is 0.717. The van der Waals surface area contributed by atoms with Crippen molar-refractivity contribution in [2.24, 2.45) is 0 Å². The van der Waals surface area contributed by atoms with Gasteiger partial charge in [0.25, 0.3) is 5.91 Å². The van der Waals surface area contributed by atoms with Crippen LogP contribution < -0.4 is 5.32 Å². The van der Waals surface area contributed by atoms with Crippen LogP contribution in [0.1, 0.15) is 20.8 Å². The Morgan fingerprint density at radius 3 is 2.52 bits per heavy atom. The first-order valence-corrected chi connectivity index (χ1v) is 7.22. The van der Waals surface area contributed by atoms with Crippen molar-refractivity contribution in [2.45, 2.75) is 0 Å². The standard InChI is InChI=1S/C17H13ClN2O3/c1-23-17(22)10-3-6-13(7-4-10)19-16(21)15-8-11-2-5-12(18)9-14(11)20-15/h2-9,20H,1H3,(H,19,21). The van der Waals surface area contributed by atoms with Gasteiger partial charge in [0.1, 0.15) is 5.69 Å². The van der Waals surface area contributed by atoms with Gasteiger partial charge in [0.05, 0.1) is 12.7 Å². The summed E-state index contributed by atoms with van der Waals surface area (Å²) in [5, 5.41) is 4.27. The van der Waals surface area contributed by atoms with Crippen LogP contribution in [0.4, 0.5) is 5.69 Å². The van der Waals surface area contributed by atoms with Crippen molar-refractivity contribution in [2.75, 3.05) is 12.4 Å². The first-order valence-electron chi connectivity index (χ1n) is 6.85. The molecule has 5 nitrogen and oxygen atoms in total. The maximum Gasteiger partial charge on any atom is 0.337 e. The van der Waals surface area contributed by atoms with Gasteiger partial charge in [-0.05, 0) is 42.5 Å². The molecule has 0 aliphatic heterocycles. The number of amides is 1. The fourth-order valence-corrected chi connectivity index (χ4v) is 2.40. The zero-order valence-electron chi connectivity index (χ0n) is 12.2. The number of halogens is 1. The molecule has 23 heavy (non-hydrogen) atoms. The zero-order chi connectivity index (χ0) is 16.4. The minimum absolute atomic E-state index is 0.275. The summed E-state index contributed by atoms with van der Waals surface area (Å²) < 4.78 is 4.63. The number of esters is 1. The lowest BCUT2D eigenvalue weighted by atomic mass is 10.2. The monoisotopic (exact) mass is 328 g/mol. The predicted octanol–water partition coefficient (Wildman–Crippen LogP) is 3.86. The van der Waals surface area contributed by atoms with Gasteiger partial charge in [0, 0.05) is 21.6 Å². The Morgan fingerprint density at radius 1 is 1.09 bits per heavy atom. The minimum Gasteiger partial charge on any atom is -0.465 e. The van der Waals surface area contributed by atoms with E-state index in [0.29, 0.717) is 22.0 Å². The van der Waals surface area contributed by atoms with Gasteiger partial charge in [-0.2, -0.15) is 0 Å². The molecule has 1 amide bonds. The highest BCUT2D eigenvalue weighted by Gasteiger charge is 2.11. The number of aromatic nitrogens is 1. The van der Waals surface area contributed by atoms with Crippen LogP contribution in [0.5, 0.6) is 0 Å². The summed E-state index contributed by atoms with van der Waals surface area (Å²) in [6, 6.07) is 13.6.